The lowest BCUT2D eigenvalue weighted by Gasteiger charge is -2.00. The van der Waals surface area contributed by atoms with Crippen LogP contribution in [-0.2, 0) is 0 Å². The van der Waals surface area contributed by atoms with Crippen LogP contribution in [0.2, 0.25) is 0 Å². The normalized spacial score (nSPS) is 11.3. The molecule has 0 radical (unpaired) electrons. The van der Waals surface area contributed by atoms with E-state index in [1.807, 2.05) is 55.5 Å². The summed E-state index contributed by atoms with van der Waals surface area (Å²) in [6.45, 7) is 1.96. The molecule has 2 aromatic carbocycles. The van der Waals surface area contributed by atoms with Crippen LogP contribution in [0, 0.1) is 6.92 Å². The van der Waals surface area contributed by atoms with E-state index in [9.17, 15) is 4.79 Å². The van der Waals surface area contributed by atoms with Crippen LogP contribution in [0.15, 0.2) is 57.7 Å². The summed E-state index contributed by atoms with van der Waals surface area (Å²) in [5, 5.41) is 0.885. The second-order valence-electron chi connectivity index (χ2n) is 5.09. The molecule has 0 aliphatic rings. The van der Waals surface area contributed by atoms with Gasteiger partial charge in [-0.25, -0.2) is 9.78 Å². The summed E-state index contributed by atoms with van der Waals surface area (Å²) in [7, 11) is 0. The first-order valence-electron chi connectivity index (χ1n) is 6.70. The van der Waals surface area contributed by atoms with Crippen LogP contribution in [0.3, 0.4) is 0 Å². The zero-order valence-electron chi connectivity index (χ0n) is 11.4. The fraction of sp³-hybridized carbons (Fsp3) is 0.0588. The molecule has 4 heteroatoms. The van der Waals surface area contributed by atoms with E-state index in [4.69, 9.17) is 4.42 Å². The van der Waals surface area contributed by atoms with Gasteiger partial charge in [0.1, 0.15) is 17.0 Å². The number of aromatic nitrogens is 2. The van der Waals surface area contributed by atoms with Gasteiger partial charge in [0.25, 0.3) is 0 Å². The van der Waals surface area contributed by atoms with Crippen LogP contribution < -0.4 is 5.63 Å². The Morgan fingerprint density at radius 3 is 2.81 bits per heavy atom. The lowest BCUT2D eigenvalue weighted by atomic mass is 10.1. The van der Waals surface area contributed by atoms with Crippen LogP contribution in [0.25, 0.3) is 33.4 Å². The molecule has 21 heavy (non-hydrogen) atoms. The van der Waals surface area contributed by atoms with Crippen molar-refractivity contribution in [2.24, 2.45) is 0 Å². The highest BCUT2D eigenvalue weighted by molar-refractivity contribution is 5.83. The van der Waals surface area contributed by atoms with E-state index >= 15 is 0 Å². The van der Waals surface area contributed by atoms with Gasteiger partial charge in [-0.3, -0.25) is 0 Å². The largest absolute Gasteiger partial charge is 0.422 e. The molecule has 0 atom stereocenters. The lowest BCUT2D eigenvalue weighted by molar-refractivity contribution is 0.562. The van der Waals surface area contributed by atoms with Gasteiger partial charge < -0.3 is 9.40 Å². The molecule has 0 aliphatic carbocycles. The number of hydrogen-bond donors (Lipinski definition) is 1. The van der Waals surface area contributed by atoms with Crippen LogP contribution in [0.5, 0.6) is 0 Å². The summed E-state index contributed by atoms with van der Waals surface area (Å²) in [6.07, 6.45) is 0. The van der Waals surface area contributed by atoms with Crippen LogP contribution in [0.1, 0.15) is 5.56 Å². The molecule has 2 heterocycles. The maximum absolute atomic E-state index is 12.2. The van der Waals surface area contributed by atoms with Crippen LogP contribution in [-0.4, -0.2) is 9.97 Å². The summed E-state index contributed by atoms with van der Waals surface area (Å²) < 4.78 is 5.41. The van der Waals surface area contributed by atoms with E-state index in [-0.39, 0.29) is 5.63 Å². The SMILES string of the molecule is Cc1ccc2cc(-c3nc4ccccc4[nH]3)c(=O)oc2c1. The van der Waals surface area contributed by atoms with E-state index < -0.39 is 0 Å². The number of hydrogen-bond acceptors (Lipinski definition) is 3. The number of para-hydroxylation sites is 2. The number of fused-ring (bicyclic) bond motifs is 2. The van der Waals surface area contributed by atoms with Gasteiger partial charge >= 0.3 is 5.63 Å². The van der Waals surface area contributed by atoms with Crippen molar-refractivity contribution in [3.05, 3.63) is 64.5 Å². The molecule has 0 fully saturated rings. The third kappa shape index (κ3) is 1.92. The van der Waals surface area contributed by atoms with Crippen molar-refractivity contribution in [3.8, 4) is 11.4 Å². The molecule has 1 N–H and O–H groups in total. The zero-order valence-corrected chi connectivity index (χ0v) is 11.4. The number of nitrogens with zero attached hydrogens (tertiary/aromatic N) is 1. The number of aryl methyl sites for hydroxylation is 1. The molecule has 2 aromatic heterocycles. The summed E-state index contributed by atoms with van der Waals surface area (Å²) in [6, 6.07) is 15.3. The topological polar surface area (TPSA) is 58.9 Å². The van der Waals surface area contributed by atoms with Gasteiger partial charge in [0, 0.05) is 5.39 Å². The van der Waals surface area contributed by atoms with Crippen molar-refractivity contribution in [2.75, 3.05) is 0 Å². The van der Waals surface area contributed by atoms with Gasteiger partial charge in [-0.05, 0) is 36.8 Å². The molecule has 0 unspecified atom stereocenters. The van der Waals surface area contributed by atoms with Crippen molar-refractivity contribution < 1.29 is 4.42 Å². The van der Waals surface area contributed by atoms with Gasteiger partial charge in [-0.1, -0.05) is 24.3 Å². The summed E-state index contributed by atoms with van der Waals surface area (Å²) in [5.41, 5.74) is 3.45. The third-order valence-corrected chi connectivity index (χ3v) is 3.54. The Labute approximate surface area is 120 Å². The van der Waals surface area contributed by atoms with Gasteiger partial charge in [0.2, 0.25) is 0 Å². The van der Waals surface area contributed by atoms with Gasteiger partial charge in [0.15, 0.2) is 0 Å². The Kier molecular flexibility index (Phi) is 2.44. The maximum Gasteiger partial charge on any atom is 0.347 e. The quantitative estimate of drug-likeness (QED) is 0.540. The Morgan fingerprint density at radius 1 is 1.10 bits per heavy atom. The summed E-state index contributed by atoms with van der Waals surface area (Å²) in [4.78, 5) is 19.8. The first-order valence-corrected chi connectivity index (χ1v) is 6.70. The van der Waals surface area contributed by atoms with Crippen molar-refractivity contribution >= 4 is 22.0 Å². The molecule has 0 bridgehead atoms. The number of H-pyrrole nitrogens is 1. The highest BCUT2D eigenvalue weighted by atomic mass is 16.4. The molecule has 4 aromatic rings. The summed E-state index contributed by atoms with van der Waals surface area (Å²) >= 11 is 0. The average Bonchev–Trinajstić information content (AvgIpc) is 2.90. The smallest absolute Gasteiger partial charge is 0.347 e. The molecule has 102 valence electrons. The lowest BCUT2D eigenvalue weighted by Crippen LogP contribution is -2.03. The molecular weight excluding hydrogens is 264 g/mol. The first kappa shape index (κ1) is 11.9. The standard InChI is InChI=1S/C17H12N2O2/c1-10-6-7-11-9-12(17(20)21-15(11)8-10)16-18-13-4-2-3-5-14(13)19-16/h2-9H,1H3,(H,18,19). The van der Waals surface area contributed by atoms with Gasteiger partial charge in [0.05, 0.1) is 11.0 Å². The Morgan fingerprint density at radius 2 is 1.95 bits per heavy atom. The van der Waals surface area contributed by atoms with Crippen LogP contribution >= 0.6 is 0 Å². The Hall–Kier alpha value is -2.88. The Balaban J connectivity index is 1.99. The van der Waals surface area contributed by atoms with Gasteiger partial charge in [-0.2, -0.15) is 0 Å². The van der Waals surface area contributed by atoms with E-state index in [2.05, 4.69) is 9.97 Å². The van der Waals surface area contributed by atoms with Crippen molar-refractivity contribution in [2.45, 2.75) is 6.92 Å². The predicted octanol–water partition coefficient (Wildman–Crippen LogP) is 3.64. The molecule has 0 aliphatic heterocycles. The van der Waals surface area contributed by atoms with Crippen molar-refractivity contribution in [1.82, 2.24) is 9.97 Å². The molecule has 0 saturated carbocycles. The minimum absolute atomic E-state index is 0.382. The molecule has 0 spiro atoms. The minimum Gasteiger partial charge on any atom is -0.422 e. The van der Waals surface area contributed by atoms with E-state index in [1.165, 1.54) is 0 Å². The number of aromatic amines is 1. The molecule has 4 rings (SSSR count). The van der Waals surface area contributed by atoms with E-state index in [0.717, 1.165) is 22.0 Å². The van der Waals surface area contributed by atoms with E-state index in [0.29, 0.717) is 17.0 Å². The monoisotopic (exact) mass is 276 g/mol. The molecule has 0 saturated heterocycles. The fourth-order valence-electron chi connectivity index (χ4n) is 2.46. The predicted molar refractivity (Wildman–Crippen MR) is 82.3 cm³/mol. The average molecular weight is 276 g/mol. The van der Waals surface area contributed by atoms with E-state index in [1.54, 1.807) is 0 Å². The zero-order chi connectivity index (χ0) is 14.4. The number of rotatable bonds is 1. The third-order valence-electron chi connectivity index (χ3n) is 3.54. The first-order chi connectivity index (χ1) is 10.2. The minimum atomic E-state index is -0.382. The van der Waals surface area contributed by atoms with Crippen molar-refractivity contribution in [3.63, 3.8) is 0 Å². The number of nitrogens with one attached hydrogen (secondary N) is 1. The number of imidazole rings is 1. The fourth-order valence-corrected chi connectivity index (χ4v) is 2.46. The van der Waals surface area contributed by atoms with Crippen molar-refractivity contribution in [1.29, 1.82) is 0 Å². The molecule has 4 nitrogen and oxygen atoms in total. The molecule has 0 amide bonds. The number of benzene rings is 2. The van der Waals surface area contributed by atoms with Crippen LogP contribution in [0.4, 0.5) is 0 Å². The highest BCUT2D eigenvalue weighted by Gasteiger charge is 2.12. The second-order valence-corrected chi connectivity index (χ2v) is 5.09. The highest BCUT2D eigenvalue weighted by Crippen LogP contribution is 2.22. The van der Waals surface area contributed by atoms with Gasteiger partial charge in [-0.15, -0.1) is 0 Å². The maximum atomic E-state index is 12.2. The second kappa shape index (κ2) is 4.31. The summed E-state index contributed by atoms with van der Waals surface area (Å²) in [5.74, 6) is 0.535. The molecular formula is C17H12N2O2. The Bertz CT molecular complexity index is 995.